The summed E-state index contributed by atoms with van der Waals surface area (Å²) in [7, 11) is 1.59. The summed E-state index contributed by atoms with van der Waals surface area (Å²) < 4.78 is 22.3. The first-order valence-corrected chi connectivity index (χ1v) is 13.5. The number of ether oxygens (including phenoxy) is 4. The van der Waals surface area contributed by atoms with Gasteiger partial charge >= 0.3 is 0 Å². The summed E-state index contributed by atoms with van der Waals surface area (Å²) in [5.41, 5.74) is 0.552. The highest BCUT2D eigenvalue weighted by atomic mass is 35.5. The third-order valence-electron chi connectivity index (χ3n) is 5.57. The predicted molar refractivity (Wildman–Crippen MR) is 157 cm³/mol. The Labute approximate surface area is 244 Å². The number of halogens is 2. The molecule has 0 bridgehead atoms. The lowest BCUT2D eigenvalue weighted by molar-refractivity contribution is -0.114. The van der Waals surface area contributed by atoms with Gasteiger partial charge in [-0.05, 0) is 59.8 Å². The van der Waals surface area contributed by atoms with Crippen LogP contribution in [0.4, 0.5) is 0 Å². The van der Waals surface area contributed by atoms with Gasteiger partial charge in [-0.3, -0.25) is 10.2 Å². The standard InChI is InChI=1S/C28H22Cl2N4O5S/c1-36-19-8-5-9-20(15-19)37-10-11-38-25-22(29)13-17(14-23(25)30)12-21-26(31)34-28(32-27(21)35)40-24(33-34)16-39-18-6-3-2-4-7-18/h2-9,12-15,31H,10-11,16H2,1H3/b21-12-,31-26?. The molecular formula is C28H22Cl2N4O5S. The van der Waals surface area contributed by atoms with Crippen LogP contribution in [0.1, 0.15) is 5.56 Å². The number of nitrogens with zero attached hydrogens (tertiary/aromatic N) is 3. The average molecular weight is 597 g/mol. The SMILES string of the molecule is COc1cccc(OCCOc2c(Cl)cc(/C=C3/C(=N)N4N=C(COc5ccccc5)SC4=NC3=O)cc2Cl)c1. The molecule has 1 amide bonds. The van der Waals surface area contributed by atoms with Crippen LogP contribution in [-0.2, 0) is 4.79 Å². The maximum atomic E-state index is 12.8. The van der Waals surface area contributed by atoms with Gasteiger partial charge in [0, 0.05) is 6.07 Å². The number of benzene rings is 3. The lowest BCUT2D eigenvalue weighted by Crippen LogP contribution is -2.35. The lowest BCUT2D eigenvalue weighted by atomic mass is 10.1. The molecule has 1 N–H and O–H groups in total. The van der Waals surface area contributed by atoms with Crippen molar-refractivity contribution in [3.8, 4) is 23.0 Å². The topological polar surface area (TPSA) is 106 Å². The maximum Gasteiger partial charge on any atom is 0.283 e. The molecule has 3 aromatic rings. The lowest BCUT2D eigenvalue weighted by Gasteiger charge is -2.20. The van der Waals surface area contributed by atoms with Crippen LogP contribution in [0.3, 0.4) is 0 Å². The van der Waals surface area contributed by atoms with E-state index in [-0.39, 0.29) is 47.0 Å². The molecule has 0 aliphatic carbocycles. The number of hydrogen-bond acceptors (Lipinski definition) is 8. The minimum Gasteiger partial charge on any atom is -0.497 e. The summed E-state index contributed by atoms with van der Waals surface area (Å²) in [6.07, 6.45) is 1.50. The Morgan fingerprint density at radius 2 is 1.62 bits per heavy atom. The Morgan fingerprint density at radius 3 is 2.38 bits per heavy atom. The van der Waals surface area contributed by atoms with Crippen molar-refractivity contribution in [1.82, 2.24) is 5.01 Å². The maximum absolute atomic E-state index is 12.8. The number of rotatable bonds is 10. The minimum atomic E-state index is -0.563. The summed E-state index contributed by atoms with van der Waals surface area (Å²) >= 11 is 14.1. The third-order valence-corrected chi connectivity index (χ3v) is 7.02. The normalized spacial score (nSPS) is 15.5. The van der Waals surface area contributed by atoms with Crippen LogP contribution in [0.15, 0.2) is 82.4 Å². The van der Waals surface area contributed by atoms with E-state index in [9.17, 15) is 4.79 Å². The molecule has 3 aromatic carbocycles. The van der Waals surface area contributed by atoms with Crippen molar-refractivity contribution in [3.63, 3.8) is 0 Å². The van der Waals surface area contributed by atoms with Gasteiger partial charge in [0.25, 0.3) is 5.91 Å². The molecule has 0 aromatic heterocycles. The van der Waals surface area contributed by atoms with Crippen molar-refractivity contribution in [2.75, 3.05) is 26.9 Å². The number of para-hydroxylation sites is 1. The number of methoxy groups -OCH3 is 1. The van der Waals surface area contributed by atoms with E-state index in [1.54, 1.807) is 25.3 Å². The van der Waals surface area contributed by atoms with E-state index < -0.39 is 5.91 Å². The van der Waals surface area contributed by atoms with Gasteiger partial charge in [-0.15, -0.1) is 0 Å². The molecule has 0 saturated heterocycles. The molecule has 5 rings (SSSR count). The molecule has 40 heavy (non-hydrogen) atoms. The van der Waals surface area contributed by atoms with Crippen LogP contribution in [0.2, 0.25) is 10.0 Å². The molecule has 0 spiro atoms. The zero-order valence-electron chi connectivity index (χ0n) is 21.1. The molecule has 2 heterocycles. The molecule has 0 radical (unpaired) electrons. The predicted octanol–water partition coefficient (Wildman–Crippen LogP) is 6.16. The van der Waals surface area contributed by atoms with Crippen LogP contribution in [-0.4, -0.2) is 53.9 Å². The first-order chi connectivity index (χ1) is 19.4. The number of carbonyl (C=O) groups is 1. The Balaban J connectivity index is 1.23. The van der Waals surface area contributed by atoms with Gasteiger partial charge in [-0.1, -0.05) is 47.5 Å². The molecule has 9 nitrogen and oxygen atoms in total. The van der Waals surface area contributed by atoms with E-state index in [0.717, 1.165) is 0 Å². The van der Waals surface area contributed by atoms with Gasteiger partial charge in [-0.25, -0.2) is 0 Å². The van der Waals surface area contributed by atoms with Crippen LogP contribution < -0.4 is 18.9 Å². The molecule has 204 valence electrons. The molecule has 2 aliphatic rings. The van der Waals surface area contributed by atoms with E-state index in [2.05, 4.69) is 10.1 Å². The van der Waals surface area contributed by atoms with Gasteiger partial charge < -0.3 is 18.9 Å². The Hall–Kier alpha value is -3.99. The Kier molecular flexibility index (Phi) is 8.59. The smallest absolute Gasteiger partial charge is 0.283 e. The summed E-state index contributed by atoms with van der Waals surface area (Å²) in [6.45, 7) is 0.630. The highest BCUT2D eigenvalue weighted by molar-refractivity contribution is 8.27. The molecule has 2 aliphatic heterocycles. The summed E-state index contributed by atoms with van der Waals surface area (Å²) in [5, 5.41) is 15.7. The second-order valence-corrected chi connectivity index (χ2v) is 10.2. The van der Waals surface area contributed by atoms with Crippen molar-refractivity contribution in [2.45, 2.75) is 0 Å². The molecule has 0 saturated carbocycles. The van der Waals surface area contributed by atoms with Crippen LogP contribution >= 0.6 is 35.0 Å². The van der Waals surface area contributed by atoms with E-state index >= 15 is 0 Å². The van der Waals surface area contributed by atoms with Crippen LogP contribution in [0.5, 0.6) is 23.0 Å². The quantitative estimate of drug-likeness (QED) is 0.221. The van der Waals surface area contributed by atoms with E-state index in [4.69, 9.17) is 47.6 Å². The molecule has 0 fully saturated rings. The number of amides is 1. The number of hydrogen-bond donors (Lipinski definition) is 1. The van der Waals surface area contributed by atoms with Crippen LogP contribution in [0, 0.1) is 5.41 Å². The summed E-state index contributed by atoms with van der Waals surface area (Å²) in [4.78, 5) is 16.9. The highest BCUT2D eigenvalue weighted by Crippen LogP contribution is 2.36. The first-order valence-electron chi connectivity index (χ1n) is 12.0. The zero-order valence-corrected chi connectivity index (χ0v) is 23.4. The van der Waals surface area contributed by atoms with Crippen molar-refractivity contribution in [3.05, 3.63) is 87.9 Å². The van der Waals surface area contributed by atoms with Crippen LogP contribution in [0.25, 0.3) is 6.08 Å². The van der Waals surface area contributed by atoms with Crippen molar-refractivity contribution < 1.29 is 23.7 Å². The summed E-state index contributed by atoms with van der Waals surface area (Å²) in [5.74, 6) is 1.63. The molecular weight excluding hydrogens is 575 g/mol. The third kappa shape index (κ3) is 6.41. The fraction of sp³-hybridized carbons (Fsp3) is 0.143. The molecule has 0 atom stereocenters. The number of fused-ring (bicyclic) bond motifs is 1. The zero-order chi connectivity index (χ0) is 28.1. The number of carbonyl (C=O) groups excluding carboxylic acids is 1. The van der Waals surface area contributed by atoms with Crippen molar-refractivity contribution in [1.29, 1.82) is 5.41 Å². The summed E-state index contributed by atoms with van der Waals surface area (Å²) in [6, 6.07) is 19.7. The van der Waals surface area contributed by atoms with Crippen molar-refractivity contribution >= 4 is 63.0 Å². The van der Waals surface area contributed by atoms with E-state index in [0.29, 0.717) is 33.0 Å². The highest BCUT2D eigenvalue weighted by Gasteiger charge is 2.35. The van der Waals surface area contributed by atoms with Gasteiger partial charge in [0.05, 0.1) is 22.7 Å². The number of thioether (sulfide) groups is 1. The average Bonchev–Trinajstić information content (AvgIpc) is 3.37. The number of hydrazone groups is 1. The largest absolute Gasteiger partial charge is 0.497 e. The number of amidine groups is 2. The Morgan fingerprint density at radius 1 is 0.925 bits per heavy atom. The van der Waals surface area contributed by atoms with Gasteiger partial charge in [0.2, 0.25) is 5.17 Å². The second-order valence-electron chi connectivity index (χ2n) is 8.31. The molecule has 12 heteroatoms. The minimum absolute atomic E-state index is 0.0471. The Bertz CT molecular complexity index is 1520. The molecule has 0 unspecified atom stereocenters. The number of aliphatic imine (C=N–C) groups is 1. The van der Waals surface area contributed by atoms with Gasteiger partial charge in [0.15, 0.2) is 11.6 Å². The second kappa shape index (κ2) is 12.5. The van der Waals surface area contributed by atoms with Crippen molar-refractivity contribution in [2.24, 2.45) is 10.1 Å². The number of nitrogens with one attached hydrogen (secondary N) is 1. The van der Waals surface area contributed by atoms with E-state index in [1.165, 1.54) is 22.8 Å². The van der Waals surface area contributed by atoms with Gasteiger partial charge in [0.1, 0.15) is 42.1 Å². The fourth-order valence-electron chi connectivity index (χ4n) is 3.71. The fourth-order valence-corrected chi connectivity index (χ4v) is 5.12. The monoisotopic (exact) mass is 596 g/mol. The van der Waals surface area contributed by atoms with E-state index in [1.807, 2.05) is 48.5 Å². The van der Waals surface area contributed by atoms with Gasteiger partial charge in [-0.2, -0.15) is 15.1 Å². The first kappa shape index (κ1) is 27.6.